The summed E-state index contributed by atoms with van der Waals surface area (Å²) in [6.45, 7) is 2.03. The lowest BCUT2D eigenvalue weighted by atomic mass is 10.2. The van der Waals surface area contributed by atoms with E-state index in [1.807, 2.05) is 13.0 Å². The van der Waals surface area contributed by atoms with Crippen LogP contribution in [0, 0.1) is 0 Å². The number of rotatable bonds is 1. The molecule has 3 nitrogen and oxygen atoms in total. The Morgan fingerprint density at radius 1 is 1.40 bits per heavy atom. The highest BCUT2D eigenvalue weighted by Crippen LogP contribution is 2.10. The van der Waals surface area contributed by atoms with Crippen molar-refractivity contribution in [3.05, 3.63) is 17.7 Å². The van der Waals surface area contributed by atoms with Crippen molar-refractivity contribution in [1.29, 1.82) is 0 Å². The molecule has 1 rings (SSSR count). The highest BCUT2D eigenvalue weighted by Gasteiger charge is 1.96. The van der Waals surface area contributed by atoms with Crippen LogP contribution in [0.15, 0.2) is 12.1 Å². The van der Waals surface area contributed by atoms with Gasteiger partial charge in [0.05, 0.1) is 0 Å². The first-order valence-electron chi connectivity index (χ1n) is 3.25. The molecule has 0 aliphatic carbocycles. The van der Waals surface area contributed by atoms with Gasteiger partial charge in [-0.2, -0.15) is 0 Å². The van der Waals surface area contributed by atoms with Crippen molar-refractivity contribution in [2.75, 3.05) is 11.5 Å². The van der Waals surface area contributed by atoms with Crippen LogP contribution in [-0.4, -0.2) is 4.98 Å². The number of nitrogens with zero attached hydrogens (tertiary/aromatic N) is 1. The second-order valence-corrected chi connectivity index (χ2v) is 2.13. The molecule has 1 aromatic heterocycles. The summed E-state index contributed by atoms with van der Waals surface area (Å²) in [5.41, 5.74) is 12.0. The Kier molecular flexibility index (Phi) is 1.76. The zero-order chi connectivity index (χ0) is 7.56. The summed E-state index contributed by atoms with van der Waals surface area (Å²) in [5, 5.41) is 0. The van der Waals surface area contributed by atoms with Gasteiger partial charge in [0, 0.05) is 0 Å². The van der Waals surface area contributed by atoms with E-state index in [1.54, 1.807) is 6.07 Å². The Balaban J connectivity index is 3.07. The van der Waals surface area contributed by atoms with Crippen molar-refractivity contribution in [2.45, 2.75) is 13.3 Å². The lowest BCUT2D eigenvalue weighted by Crippen LogP contribution is -1.99. The molecule has 0 aliphatic heterocycles. The van der Waals surface area contributed by atoms with Crippen molar-refractivity contribution in [1.82, 2.24) is 4.98 Å². The number of hydrogen-bond donors (Lipinski definition) is 2. The minimum absolute atomic E-state index is 0.481. The van der Waals surface area contributed by atoms with Crippen molar-refractivity contribution in [2.24, 2.45) is 0 Å². The summed E-state index contributed by atoms with van der Waals surface area (Å²) < 4.78 is 0. The van der Waals surface area contributed by atoms with Crippen LogP contribution in [0.4, 0.5) is 11.6 Å². The van der Waals surface area contributed by atoms with Crippen molar-refractivity contribution >= 4 is 11.6 Å². The number of nitrogens with two attached hydrogens (primary N) is 2. The molecular weight excluding hydrogens is 126 g/mol. The molecule has 0 unspecified atom stereocenters. The normalized spacial score (nSPS) is 9.70. The summed E-state index contributed by atoms with van der Waals surface area (Å²) >= 11 is 0. The van der Waals surface area contributed by atoms with Crippen LogP contribution >= 0.6 is 0 Å². The van der Waals surface area contributed by atoms with Crippen LogP contribution in [0.5, 0.6) is 0 Å². The molecule has 0 fully saturated rings. The van der Waals surface area contributed by atoms with E-state index in [4.69, 9.17) is 11.5 Å². The van der Waals surface area contributed by atoms with Gasteiger partial charge in [0.25, 0.3) is 0 Å². The van der Waals surface area contributed by atoms with Crippen LogP contribution in [-0.2, 0) is 6.42 Å². The molecule has 0 saturated heterocycles. The average molecular weight is 137 g/mol. The molecule has 1 aromatic rings. The Labute approximate surface area is 60.1 Å². The summed E-state index contributed by atoms with van der Waals surface area (Å²) in [5.74, 6) is 1.03. The molecule has 0 radical (unpaired) electrons. The quantitative estimate of drug-likeness (QED) is 0.602. The summed E-state index contributed by atoms with van der Waals surface area (Å²) in [6.07, 6.45) is 0.902. The molecule has 0 spiro atoms. The first-order chi connectivity index (χ1) is 4.74. The van der Waals surface area contributed by atoms with E-state index in [9.17, 15) is 0 Å². The van der Waals surface area contributed by atoms with E-state index in [0.717, 1.165) is 12.0 Å². The number of aromatic nitrogens is 1. The van der Waals surface area contributed by atoms with Gasteiger partial charge in [0.1, 0.15) is 11.6 Å². The fraction of sp³-hybridized carbons (Fsp3) is 0.286. The minimum atomic E-state index is 0.481. The predicted molar refractivity (Wildman–Crippen MR) is 42.4 cm³/mol. The molecule has 0 bridgehead atoms. The lowest BCUT2D eigenvalue weighted by Gasteiger charge is -2.00. The molecular formula is C7H11N3. The number of nitrogen functional groups attached to an aromatic ring is 2. The molecule has 3 heteroatoms. The molecule has 1 heterocycles. The van der Waals surface area contributed by atoms with Gasteiger partial charge in [-0.15, -0.1) is 0 Å². The van der Waals surface area contributed by atoms with Crippen molar-refractivity contribution in [3.8, 4) is 0 Å². The zero-order valence-electron chi connectivity index (χ0n) is 5.96. The largest absolute Gasteiger partial charge is 0.384 e. The first kappa shape index (κ1) is 6.86. The van der Waals surface area contributed by atoms with E-state index in [2.05, 4.69) is 4.98 Å². The van der Waals surface area contributed by atoms with Crippen LogP contribution < -0.4 is 11.5 Å². The molecule has 54 valence electrons. The lowest BCUT2D eigenvalue weighted by molar-refractivity contribution is 1.12. The summed E-state index contributed by atoms with van der Waals surface area (Å²) in [6, 6.07) is 3.66. The molecule has 0 aromatic carbocycles. The van der Waals surface area contributed by atoms with E-state index < -0.39 is 0 Å². The Morgan fingerprint density at radius 3 is 2.60 bits per heavy atom. The van der Waals surface area contributed by atoms with Crippen molar-refractivity contribution in [3.63, 3.8) is 0 Å². The number of aryl methyl sites for hydroxylation is 1. The van der Waals surface area contributed by atoms with Crippen LogP contribution in [0.25, 0.3) is 0 Å². The second kappa shape index (κ2) is 2.56. The molecule has 0 saturated carbocycles. The van der Waals surface area contributed by atoms with Gasteiger partial charge in [0.15, 0.2) is 0 Å². The van der Waals surface area contributed by atoms with Crippen LogP contribution in [0.1, 0.15) is 12.5 Å². The Hall–Kier alpha value is -1.25. The smallest absolute Gasteiger partial charge is 0.128 e. The number of pyridine rings is 1. The monoisotopic (exact) mass is 137 g/mol. The number of anilines is 2. The van der Waals surface area contributed by atoms with E-state index in [0.29, 0.717) is 11.6 Å². The topological polar surface area (TPSA) is 64.9 Å². The van der Waals surface area contributed by atoms with Gasteiger partial charge in [-0.05, 0) is 18.1 Å². The second-order valence-electron chi connectivity index (χ2n) is 2.13. The average Bonchev–Trinajstić information content (AvgIpc) is 1.88. The Morgan fingerprint density at radius 2 is 2.10 bits per heavy atom. The summed E-state index contributed by atoms with van der Waals surface area (Å²) in [4.78, 5) is 3.90. The van der Waals surface area contributed by atoms with Crippen molar-refractivity contribution < 1.29 is 0 Å². The molecule has 0 aliphatic rings. The SMILES string of the molecule is CCc1ccc(N)nc1N. The fourth-order valence-electron chi connectivity index (χ4n) is 0.818. The van der Waals surface area contributed by atoms with Crippen LogP contribution in [0.3, 0.4) is 0 Å². The van der Waals surface area contributed by atoms with E-state index in [1.165, 1.54) is 0 Å². The maximum atomic E-state index is 5.54. The maximum absolute atomic E-state index is 5.54. The van der Waals surface area contributed by atoms with Gasteiger partial charge in [-0.1, -0.05) is 13.0 Å². The third-order valence-corrected chi connectivity index (χ3v) is 1.41. The van der Waals surface area contributed by atoms with Gasteiger partial charge in [0.2, 0.25) is 0 Å². The highest BCUT2D eigenvalue weighted by molar-refractivity contribution is 5.45. The van der Waals surface area contributed by atoms with Gasteiger partial charge in [-0.3, -0.25) is 0 Å². The molecule has 10 heavy (non-hydrogen) atoms. The third-order valence-electron chi connectivity index (χ3n) is 1.41. The predicted octanol–water partition coefficient (Wildman–Crippen LogP) is 0.808. The van der Waals surface area contributed by atoms with Gasteiger partial charge >= 0.3 is 0 Å². The minimum Gasteiger partial charge on any atom is -0.384 e. The summed E-state index contributed by atoms with van der Waals surface area (Å²) in [7, 11) is 0. The highest BCUT2D eigenvalue weighted by atomic mass is 14.9. The fourth-order valence-corrected chi connectivity index (χ4v) is 0.818. The van der Waals surface area contributed by atoms with Gasteiger partial charge in [-0.25, -0.2) is 4.98 Å². The van der Waals surface area contributed by atoms with E-state index >= 15 is 0 Å². The zero-order valence-corrected chi connectivity index (χ0v) is 5.96. The molecule has 4 N–H and O–H groups in total. The first-order valence-corrected chi connectivity index (χ1v) is 3.25. The van der Waals surface area contributed by atoms with Crippen LogP contribution in [0.2, 0.25) is 0 Å². The van der Waals surface area contributed by atoms with Gasteiger partial charge < -0.3 is 11.5 Å². The molecule has 0 amide bonds. The standard InChI is InChI=1S/C7H11N3/c1-2-5-3-4-6(8)10-7(5)9/h3-4H,2H2,1H3,(H4,8,9,10). The Bertz CT molecular complexity index is 232. The third kappa shape index (κ3) is 1.18. The number of hydrogen-bond acceptors (Lipinski definition) is 3. The van der Waals surface area contributed by atoms with E-state index in [-0.39, 0.29) is 0 Å². The maximum Gasteiger partial charge on any atom is 0.128 e. The molecule has 0 atom stereocenters.